The van der Waals surface area contributed by atoms with E-state index < -0.39 is 0 Å². The van der Waals surface area contributed by atoms with Crippen LogP contribution in [-0.2, 0) is 5.33 Å². The number of nitrogens with one attached hydrogen (secondary N) is 1. The number of aromatic nitrogens is 2. The molecule has 0 atom stereocenters. The maximum Gasteiger partial charge on any atom is 0.254 e. The van der Waals surface area contributed by atoms with Crippen LogP contribution in [0.25, 0.3) is 0 Å². The van der Waals surface area contributed by atoms with Crippen LogP contribution in [0.3, 0.4) is 0 Å². The molecule has 4 heteroatoms. The fourth-order valence-electron chi connectivity index (χ4n) is 0.824. The lowest BCUT2D eigenvalue weighted by Crippen LogP contribution is -2.15. The monoisotopic (exact) mass is 230 g/mol. The lowest BCUT2D eigenvalue weighted by molar-refractivity contribution is 0.762. The van der Waals surface area contributed by atoms with Gasteiger partial charge in [-0.1, -0.05) is 29.8 Å². The molecule has 0 amide bonds. The topological polar surface area (TPSA) is 45.8 Å². The van der Waals surface area contributed by atoms with E-state index in [9.17, 15) is 4.79 Å². The van der Waals surface area contributed by atoms with Gasteiger partial charge in [0, 0.05) is 23.0 Å². The van der Waals surface area contributed by atoms with E-state index in [0.717, 1.165) is 5.82 Å². The van der Waals surface area contributed by atoms with Crippen molar-refractivity contribution in [3.63, 3.8) is 0 Å². The van der Waals surface area contributed by atoms with Gasteiger partial charge in [-0.05, 0) is 0 Å². The van der Waals surface area contributed by atoms with Gasteiger partial charge in [0.2, 0.25) is 0 Å². The standard InChI is InChI=1S/C8H11BrN2O/c1-5(2)7-10-4-6(3-9)8(12)11-7/h4-5H,3H2,1-2H3,(H,10,11,12). The Morgan fingerprint density at radius 2 is 2.33 bits per heavy atom. The second-order valence-corrected chi connectivity index (χ2v) is 3.47. The van der Waals surface area contributed by atoms with Crippen molar-refractivity contribution in [2.45, 2.75) is 25.1 Å². The SMILES string of the molecule is CC(C)c1ncc(CBr)c(=O)[nH]1. The summed E-state index contributed by atoms with van der Waals surface area (Å²) in [6, 6.07) is 0. The van der Waals surface area contributed by atoms with E-state index in [4.69, 9.17) is 0 Å². The van der Waals surface area contributed by atoms with Crippen molar-refractivity contribution in [3.8, 4) is 0 Å². The maximum absolute atomic E-state index is 11.2. The summed E-state index contributed by atoms with van der Waals surface area (Å²) < 4.78 is 0. The highest BCUT2D eigenvalue weighted by Crippen LogP contribution is 2.06. The average Bonchev–Trinajstić information content (AvgIpc) is 2.04. The molecule has 0 aromatic carbocycles. The molecule has 0 saturated heterocycles. The summed E-state index contributed by atoms with van der Waals surface area (Å²) in [7, 11) is 0. The molecule has 3 nitrogen and oxygen atoms in total. The van der Waals surface area contributed by atoms with Gasteiger partial charge in [0.1, 0.15) is 5.82 Å². The molecule has 0 radical (unpaired) electrons. The number of H-pyrrole nitrogens is 1. The third-order valence-electron chi connectivity index (χ3n) is 1.58. The van der Waals surface area contributed by atoms with Gasteiger partial charge in [-0.2, -0.15) is 0 Å². The highest BCUT2D eigenvalue weighted by atomic mass is 79.9. The first kappa shape index (κ1) is 9.45. The summed E-state index contributed by atoms with van der Waals surface area (Å²) in [5, 5.41) is 0.549. The Morgan fingerprint density at radius 3 is 2.75 bits per heavy atom. The van der Waals surface area contributed by atoms with Crippen LogP contribution in [-0.4, -0.2) is 9.97 Å². The molecule has 66 valence electrons. The van der Waals surface area contributed by atoms with Gasteiger partial charge >= 0.3 is 0 Å². The summed E-state index contributed by atoms with van der Waals surface area (Å²) in [4.78, 5) is 18.1. The van der Waals surface area contributed by atoms with Crippen molar-refractivity contribution in [2.75, 3.05) is 0 Å². The number of alkyl halides is 1. The van der Waals surface area contributed by atoms with Crippen LogP contribution in [0.5, 0.6) is 0 Å². The molecule has 0 unspecified atom stereocenters. The highest BCUT2D eigenvalue weighted by molar-refractivity contribution is 9.08. The molecule has 0 saturated carbocycles. The predicted molar refractivity (Wildman–Crippen MR) is 51.6 cm³/mol. The minimum absolute atomic E-state index is 0.0504. The number of aromatic amines is 1. The van der Waals surface area contributed by atoms with E-state index in [1.165, 1.54) is 0 Å². The molecule has 0 aliphatic heterocycles. The number of hydrogen-bond acceptors (Lipinski definition) is 2. The van der Waals surface area contributed by atoms with E-state index in [1.54, 1.807) is 6.20 Å². The van der Waals surface area contributed by atoms with Gasteiger partial charge < -0.3 is 4.98 Å². The van der Waals surface area contributed by atoms with Crippen LogP contribution in [0.2, 0.25) is 0 Å². The van der Waals surface area contributed by atoms with Gasteiger partial charge in [-0.25, -0.2) is 4.98 Å². The lowest BCUT2D eigenvalue weighted by Gasteiger charge is -2.03. The summed E-state index contributed by atoms with van der Waals surface area (Å²) in [5.74, 6) is 1.01. The van der Waals surface area contributed by atoms with E-state index >= 15 is 0 Å². The lowest BCUT2D eigenvalue weighted by atomic mass is 10.2. The Bertz CT molecular complexity index is 319. The smallest absolute Gasteiger partial charge is 0.254 e. The number of hydrogen-bond donors (Lipinski definition) is 1. The quantitative estimate of drug-likeness (QED) is 0.788. The molecule has 0 aliphatic carbocycles. The maximum atomic E-state index is 11.2. The first-order valence-electron chi connectivity index (χ1n) is 3.79. The molecule has 0 bridgehead atoms. The molecular weight excluding hydrogens is 220 g/mol. The molecule has 0 fully saturated rings. The number of rotatable bonds is 2. The number of halogens is 1. The largest absolute Gasteiger partial charge is 0.310 e. The van der Waals surface area contributed by atoms with Crippen molar-refractivity contribution >= 4 is 15.9 Å². The van der Waals surface area contributed by atoms with Crippen molar-refractivity contribution < 1.29 is 0 Å². The minimum atomic E-state index is -0.0504. The molecule has 12 heavy (non-hydrogen) atoms. The third kappa shape index (κ3) is 1.94. The fraction of sp³-hybridized carbons (Fsp3) is 0.500. The van der Waals surface area contributed by atoms with Gasteiger partial charge in [0.25, 0.3) is 5.56 Å². The van der Waals surface area contributed by atoms with Crippen LogP contribution >= 0.6 is 15.9 Å². The second-order valence-electron chi connectivity index (χ2n) is 2.91. The van der Waals surface area contributed by atoms with Gasteiger partial charge in [0.15, 0.2) is 0 Å². The third-order valence-corrected chi connectivity index (χ3v) is 2.19. The van der Waals surface area contributed by atoms with Gasteiger partial charge in [-0.3, -0.25) is 4.79 Å². The Morgan fingerprint density at radius 1 is 1.67 bits per heavy atom. The van der Waals surface area contributed by atoms with Gasteiger partial charge in [-0.15, -0.1) is 0 Å². The van der Waals surface area contributed by atoms with Crippen LogP contribution in [0.1, 0.15) is 31.2 Å². The molecule has 1 N–H and O–H groups in total. The van der Waals surface area contributed by atoms with Crippen LogP contribution in [0.4, 0.5) is 0 Å². The van der Waals surface area contributed by atoms with E-state index in [2.05, 4.69) is 25.9 Å². The Labute approximate surface area is 79.4 Å². The van der Waals surface area contributed by atoms with E-state index in [1.807, 2.05) is 13.8 Å². The fourth-order valence-corrected chi connectivity index (χ4v) is 1.22. The zero-order valence-electron chi connectivity index (χ0n) is 7.10. The van der Waals surface area contributed by atoms with Gasteiger partial charge in [0.05, 0.1) is 0 Å². The molecule has 1 rings (SSSR count). The van der Waals surface area contributed by atoms with Crippen molar-refractivity contribution in [1.29, 1.82) is 0 Å². The number of nitrogens with zero attached hydrogens (tertiary/aromatic N) is 1. The van der Waals surface area contributed by atoms with Crippen LogP contribution in [0, 0.1) is 0 Å². The molecule has 1 heterocycles. The van der Waals surface area contributed by atoms with Crippen molar-refractivity contribution in [3.05, 3.63) is 27.9 Å². The normalized spacial score (nSPS) is 10.7. The summed E-state index contributed by atoms with van der Waals surface area (Å²) in [5.41, 5.74) is 0.616. The van der Waals surface area contributed by atoms with E-state index in [-0.39, 0.29) is 11.5 Å². The Kier molecular flexibility index (Phi) is 3.03. The molecule has 0 aliphatic rings. The zero-order valence-corrected chi connectivity index (χ0v) is 8.68. The van der Waals surface area contributed by atoms with Crippen molar-refractivity contribution in [2.24, 2.45) is 0 Å². The molecule has 0 spiro atoms. The van der Waals surface area contributed by atoms with E-state index in [0.29, 0.717) is 10.9 Å². The summed E-state index contributed by atoms with van der Waals surface area (Å²) in [6.07, 6.45) is 1.61. The van der Waals surface area contributed by atoms with Crippen LogP contribution < -0.4 is 5.56 Å². The molecular formula is C8H11BrN2O. The van der Waals surface area contributed by atoms with Crippen LogP contribution in [0.15, 0.2) is 11.0 Å². The molecule has 1 aromatic rings. The first-order chi connectivity index (χ1) is 5.65. The molecule has 1 aromatic heterocycles. The first-order valence-corrected chi connectivity index (χ1v) is 4.91. The predicted octanol–water partition coefficient (Wildman–Crippen LogP) is 1.79. The highest BCUT2D eigenvalue weighted by Gasteiger charge is 2.03. The average molecular weight is 231 g/mol. The minimum Gasteiger partial charge on any atom is -0.310 e. The second kappa shape index (κ2) is 3.85. The zero-order chi connectivity index (χ0) is 9.14. The Balaban J connectivity index is 3.11. The summed E-state index contributed by atoms with van der Waals surface area (Å²) in [6.45, 7) is 3.98. The Hall–Kier alpha value is -0.640. The summed E-state index contributed by atoms with van der Waals surface area (Å²) >= 11 is 3.21. The van der Waals surface area contributed by atoms with Crippen molar-refractivity contribution in [1.82, 2.24) is 9.97 Å².